The molecule has 0 amide bonds. The minimum absolute atomic E-state index is 0. The van der Waals surface area contributed by atoms with Crippen LogP contribution in [-0.4, -0.2) is 36.7 Å². The van der Waals surface area contributed by atoms with Gasteiger partial charge in [0, 0.05) is 12.1 Å². The molecule has 0 aliphatic carbocycles. The molecule has 0 N–H and O–H groups in total. The van der Waals surface area contributed by atoms with Crippen molar-refractivity contribution in [3.8, 4) is 0 Å². The quantitative estimate of drug-likeness (QED) is 0.664. The van der Waals surface area contributed by atoms with E-state index in [-0.39, 0.29) is 7.43 Å². The number of likely N-dealkylation sites (N-methyl/N-ethyl adjacent to an activating group) is 1. The van der Waals surface area contributed by atoms with Gasteiger partial charge in [0.15, 0.2) is 0 Å². The zero-order valence-corrected chi connectivity index (χ0v) is 9.59. The minimum Gasteiger partial charge on any atom is -0.380 e. The molecule has 0 aromatic rings. The number of nitrogens with zero attached hydrogens (tertiary/aromatic N) is 1. The standard InChI is InChI=1S/C12H23NO.CH4/c1-3-13-8-5-4-7-12(13)10-14-9-6-11(12)2;/h11H,3-10H2,1-2H3;1H4. The lowest BCUT2D eigenvalue weighted by Crippen LogP contribution is -2.60. The van der Waals surface area contributed by atoms with Crippen molar-refractivity contribution < 1.29 is 4.74 Å². The Labute approximate surface area is 95.0 Å². The fraction of sp³-hybridized carbons (Fsp3) is 1.00. The van der Waals surface area contributed by atoms with Crippen LogP contribution in [0.3, 0.4) is 0 Å². The first-order chi connectivity index (χ1) is 6.79. The molecule has 2 aliphatic heterocycles. The number of hydrogen-bond donors (Lipinski definition) is 0. The maximum atomic E-state index is 5.72. The van der Waals surface area contributed by atoms with Crippen molar-refractivity contribution in [1.29, 1.82) is 0 Å². The van der Waals surface area contributed by atoms with Gasteiger partial charge in [0.2, 0.25) is 0 Å². The molecule has 0 aromatic heterocycles. The first kappa shape index (κ1) is 13.0. The fourth-order valence-corrected chi connectivity index (χ4v) is 3.23. The lowest BCUT2D eigenvalue weighted by Gasteiger charge is -2.52. The van der Waals surface area contributed by atoms with E-state index in [0.29, 0.717) is 5.54 Å². The molecule has 15 heavy (non-hydrogen) atoms. The van der Waals surface area contributed by atoms with E-state index in [1.165, 1.54) is 38.8 Å². The fourth-order valence-electron chi connectivity index (χ4n) is 3.23. The molecule has 2 fully saturated rings. The SMILES string of the molecule is C.CCN1CCCCC12COCCC2C. The van der Waals surface area contributed by atoms with Gasteiger partial charge in [-0.3, -0.25) is 4.90 Å². The highest BCUT2D eigenvalue weighted by atomic mass is 16.5. The Bertz CT molecular complexity index is 189. The van der Waals surface area contributed by atoms with E-state index < -0.39 is 0 Å². The Morgan fingerprint density at radius 2 is 2.20 bits per heavy atom. The maximum Gasteiger partial charge on any atom is 0.0653 e. The first-order valence-electron chi connectivity index (χ1n) is 6.12. The minimum atomic E-state index is 0. The van der Waals surface area contributed by atoms with E-state index in [0.717, 1.165) is 19.1 Å². The molecule has 2 rings (SSSR count). The lowest BCUT2D eigenvalue weighted by molar-refractivity contribution is -0.0990. The molecule has 2 nitrogen and oxygen atoms in total. The second-order valence-electron chi connectivity index (χ2n) is 4.88. The van der Waals surface area contributed by atoms with Crippen LogP contribution in [0.25, 0.3) is 0 Å². The monoisotopic (exact) mass is 213 g/mol. The van der Waals surface area contributed by atoms with E-state index in [9.17, 15) is 0 Å². The Morgan fingerprint density at radius 3 is 2.87 bits per heavy atom. The number of rotatable bonds is 1. The summed E-state index contributed by atoms with van der Waals surface area (Å²) in [5, 5.41) is 0. The summed E-state index contributed by atoms with van der Waals surface area (Å²) in [5.41, 5.74) is 0.394. The summed E-state index contributed by atoms with van der Waals surface area (Å²) >= 11 is 0. The van der Waals surface area contributed by atoms with Gasteiger partial charge in [-0.1, -0.05) is 27.7 Å². The molecule has 0 bridgehead atoms. The highest BCUT2D eigenvalue weighted by Gasteiger charge is 2.44. The third kappa shape index (κ3) is 2.21. The molecule has 1 spiro atoms. The Hall–Kier alpha value is -0.0800. The van der Waals surface area contributed by atoms with Gasteiger partial charge < -0.3 is 4.74 Å². The number of piperidine rings is 1. The van der Waals surface area contributed by atoms with Crippen molar-refractivity contribution in [2.45, 2.75) is 52.5 Å². The van der Waals surface area contributed by atoms with Crippen LogP contribution in [0.5, 0.6) is 0 Å². The second-order valence-corrected chi connectivity index (χ2v) is 4.88. The van der Waals surface area contributed by atoms with Crippen LogP contribution in [-0.2, 0) is 4.74 Å². The second kappa shape index (κ2) is 5.31. The van der Waals surface area contributed by atoms with Crippen molar-refractivity contribution in [2.75, 3.05) is 26.3 Å². The van der Waals surface area contributed by atoms with E-state index in [1.807, 2.05) is 0 Å². The van der Waals surface area contributed by atoms with Gasteiger partial charge in [0.1, 0.15) is 0 Å². The molecule has 2 saturated heterocycles. The molecule has 0 saturated carbocycles. The molecular weight excluding hydrogens is 186 g/mol. The highest BCUT2D eigenvalue weighted by Crippen LogP contribution is 2.38. The molecule has 90 valence electrons. The molecule has 2 heteroatoms. The molecular formula is C13H27NO. The van der Waals surface area contributed by atoms with Gasteiger partial charge in [-0.25, -0.2) is 0 Å². The van der Waals surface area contributed by atoms with E-state index >= 15 is 0 Å². The van der Waals surface area contributed by atoms with Gasteiger partial charge in [-0.2, -0.15) is 0 Å². The van der Waals surface area contributed by atoms with Gasteiger partial charge >= 0.3 is 0 Å². The van der Waals surface area contributed by atoms with Gasteiger partial charge in [-0.05, 0) is 38.3 Å². The van der Waals surface area contributed by atoms with Crippen molar-refractivity contribution >= 4 is 0 Å². The summed E-state index contributed by atoms with van der Waals surface area (Å²) in [6.45, 7) is 9.12. The number of likely N-dealkylation sites (tertiary alicyclic amines) is 1. The third-order valence-electron chi connectivity index (χ3n) is 4.26. The average molecular weight is 213 g/mol. The Balaban J connectivity index is 0.00000112. The van der Waals surface area contributed by atoms with Gasteiger partial charge in [0.05, 0.1) is 6.61 Å². The molecule has 0 radical (unpaired) electrons. The van der Waals surface area contributed by atoms with Crippen LogP contribution in [0.4, 0.5) is 0 Å². The summed E-state index contributed by atoms with van der Waals surface area (Å²) in [5.74, 6) is 0.816. The van der Waals surface area contributed by atoms with Gasteiger partial charge in [0.25, 0.3) is 0 Å². The highest BCUT2D eigenvalue weighted by molar-refractivity contribution is 4.98. The average Bonchev–Trinajstić information content (AvgIpc) is 2.23. The van der Waals surface area contributed by atoms with Crippen LogP contribution < -0.4 is 0 Å². The van der Waals surface area contributed by atoms with E-state index in [4.69, 9.17) is 4.74 Å². The van der Waals surface area contributed by atoms with Crippen LogP contribution in [0, 0.1) is 5.92 Å². The molecule has 2 aliphatic rings. The van der Waals surface area contributed by atoms with Crippen molar-refractivity contribution in [3.63, 3.8) is 0 Å². The van der Waals surface area contributed by atoms with E-state index in [1.54, 1.807) is 0 Å². The third-order valence-corrected chi connectivity index (χ3v) is 4.26. The topological polar surface area (TPSA) is 12.5 Å². The normalized spacial score (nSPS) is 37.6. The van der Waals surface area contributed by atoms with E-state index in [2.05, 4.69) is 18.7 Å². The summed E-state index contributed by atoms with van der Waals surface area (Å²) in [7, 11) is 0. The zero-order valence-electron chi connectivity index (χ0n) is 9.59. The van der Waals surface area contributed by atoms with Crippen molar-refractivity contribution in [3.05, 3.63) is 0 Å². The molecule has 2 atom stereocenters. The van der Waals surface area contributed by atoms with Gasteiger partial charge in [-0.15, -0.1) is 0 Å². The molecule has 2 heterocycles. The Morgan fingerprint density at radius 1 is 1.40 bits per heavy atom. The summed E-state index contributed by atoms with van der Waals surface area (Å²) in [4.78, 5) is 2.67. The zero-order chi connectivity index (χ0) is 10.0. The largest absolute Gasteiger partial charge is 0.380 e. The summed E-state index contributed by atoms with van der Waals surface area (Å²) < 4.78 is 5.72. The van der Waals surface area contributed by atoms with Crippen LogP contribution in [0.2, 0.25) is 0 Å². The van der Waals surface area contributed by atoms with Crippen molar-refractivity contribution in [1.82, 2.24) is 4.90 Å². The number of ether oxygens (including phenoxy) is 1. The maximum absolute atomic E-state index is 5.72. The molecule has 0 aromatic carbocycles. The predicted molar refractivity (Wildman–Crippen MR) is 65.2 cm³/mol. The summed E-state index contributed by atoms with van der Waals surface area (Å²) in [6, 6.07) is 0. The Kier molecular flexibility index (Phi) is 4.60. The van der Waals surface area contributed by atoms with Crippen LogP contribution in [0.1, 0.15) is 47.0 Å². The predicted octanol–water partition coefficient (Wildman–Crippen LogP) is 2.92. The summed E-state index contributed by atoms with van der Waals surface area (Å²) in [6.07, 6.45) is 5.37. The van der Waals surface area contributed by atoms with Crippen LogP contribution in [0.15, 0.2) is 0 Å². The van der Waals surface area contributed by atoms with Crippen LogP contribution >= 0.6 is 0 Å². The molecule has 2 unspecified atom stereocenters. The lowest BCUT2D eigenvalue weighted by atomic mass is 9.74. The first-order valence-corrected chi connectivity index (χ1v) is 6.12. The number of hydrogen-bond acceptors (Lipinski definition) is 2. The smallest absolute Gasteiger partial charge is 0.0653 e. The van der Waals surface area contributed by atoms with Crippen molar-refractivity contribution in [2.24, 2.45) is 5.92 Å².